The summed E-state index contributed by atoms with van der Waals surface area (Å²) in [7, 11) is 0. The molecule has 1 aliphatic rings. The third-order valence-corrected chi connectivity index (χ3v) is 2.18. The van der Waals surface area contributed by atoms with Gasteiger partial charge in [-0.05, 0) is 44.1 Å². The quantitative estimate of drug-likeness (QED) is 0.679. The van der Waals surface area contributed by atoms with E-state index in [9.17, 15) is 0 Å². The number of nitrogens with zero attached hydrogens (tertiary/aromatic N) is 1. The molecule has 0 aromatic heterocycles. The maximum Gasteiger partial charge on any atom is 0.116 e. The van der Waals surface area contributed by atoms with E-state index >= 15 is 0 Å². The molecule has 1 saturated heterocycles. The first kappa shape index (κ1) is 11.5. The van der Waals surface area contributed by atoms with Crippen LogP contribution in [0.5, 0.6) is 5.75 Å². The average Bonchev–Trinajstić information content (AvgIpc) is 2.32. The van der Waals surface area contributed by atoms with Crippen LogP contribution in [0.4, 0.5) is 0 Å². The van der Waals surface area contributed by atoms with Gasteiger partial charge in [-0.25, -0.2) is 0 Å². The van der Waals surface area contributed by atoms with Crippen molar-refractivity contribution in [1.29, 1.82) is 5.26 Å². The molecule has 2 N–H and O–H groups in total. The normalized spacial score (nSPS) is 14.6. The summed E-state index contributed by atoms with van der Waals surface area (Å²) in [6, 6.07) is 8.12. The molecule has 0 aliphatic carbocycles. The fourth-order valence-corrected chi connectivity index (χ4v) is 1.38. The fourth-order valence-electron chi connectivity index (χ4n) is 1.38. The van der Waals surface area contributed by atoms with Gasteiger partial charge < -0.3 is 10.4 Å². The van der Waals surface area contributed by atoms with Crippen molar-refractivity contribution >= 4 is 0 Å². The molecular weight excluding hydrogens is 188 g/mol. The summed E-state index contributed by atoms with van der Waals surface area (Å²) < 4.78 is 0. The minimum Gasteiger partial charge on any atom is -0.508 e. The van der Waals surface area contributed by atoms with Crippen LogP contribution >= 0.6 is 0 Å². The Morgan fingerprint density at radius 1 is 1.20 bits per heavy atom. The van der Waals surface area contributed by atoms with Gasteiger partial charge in [0.25, 0.3) is 0 Å². The Bertz CT molecular complexity index is 315. The largest absolute Gasteiger partial charge is 0.508 e. The molecule has 0 atom stereocenters. The topological polar surface area (TPSA) is 56.0 Å². The van der Waals surface area contributed by atoms with Crippen molar-refractivity contribution in [2.75, 3.05) is 13.1 Å². The predicted molar refractivity (Wildman–Crippen MR) is 59.5 cm³/mol. The lowest BCUT2D eigenvalue weighted by molar-refractivity contribution is 0.475. The van der Waals surface area contributed by atoms with Crippen LogP contribution in [-0.2, 0) is 0 Å². The molecule has 2 rings (SSSR count). The number of nitrogens with one attached hydrogen (secondary N) is 1. The molecule has 1 heterocycles. The van der Waals surface area contributed by atoms with E-state index in [4.69, 9.17) is 10.4 Å². The third kappa shape index (κ3) is 5.04. The summed E-state index contributed by atoms with van der Waals surface area (Å²) >= 11 is 0. The zero-order chi connectivity index (χ0) is 10.9. The first-order valence-corrected chi connectivity index (χ1v) is 5.23. The lowest BCUT2D eigenvalue weighted by Crippen LogP contribution is -2.21. The van der Waals surface area contributed by atoms with Gasteiger partial charge in [0.2, 0.25) is 0 Å². The molecule has 0 saturated carbocycles. The zero-order valence-corrected chi connectivity index (χ0v) is 8.74. The minimum atomic E-state index is 0.133. The number of hydrogen-bond donors (Lipinski definition) is 2. The van der Waals surface area contributed by atoms with Crippen LogP contribution in [0.2, 0.25) is 0 Å². The van der Waals surface area contributed by atoms with Gasteiger partial charge in [0.1, 0.15) is 5.75 Å². The summed E-state index contributed by atoms with van der Waals surface area (Å²) in [6.07, 6.45) is 4.22. The molecule has 1 aliphatic heterocycles. The van der Waals surface area contributed by atoms with Gasteiger partial charge in [-0.15, -0.1) is 0 Å². The second-order valence-electron chi connectivity index (χ2n) is 3.47. The van der Waals surface area contributed by atoms with Gasteiger partial charge in [0.05, 0.1) is 11.6 Å². The SMILES string of the molecule is C1CCNCC1.N#Cc1cccc(O)c1. The van der Waals surface area contributed by atoms with Crippen molar-refractivity contribution in [1.82, 2.24) is 5.32 Å². The Labute approximate surface area is 90.4 Å². The van der Waals surface area contributed by atoms with Gasteiger partial charge in [0.15, 0.2) is 0 Å². The predicted octanol–water partition coefficient (Wildman–Crippen LogP) is 2.02. The van der Waals surface area contributed by atoms with E-state index in [-0.39, 0.29) is 5.75 Å². The molecular formula is C12H16N2O. The Hall–Kier alpha value is -1.53. The number of nitriles is 1. The van der Waals surface area contributed by atoms with Crippen molar-refractivity contribution in [2.24, 2.45) is 0 Å². The lowest BCUT2D eigenvalue weighted by Gasteiger charge is -2.08. The van der Waals surface area contributed by atoms with Crippen LogP contribution in [0.3, 0.4) is 0 Å². The maximum absolute atomic E-state index is 8.79. The number of hydrogen-bond acceptors (Lipinski definition) is 3. The van der Waals surface area contributed by atoms with Crippen molar-refractivity contribution in [3.63, 3.8) is 0 Å². The van der Waals surface area contributed by atoms with E-state index in [1.807, 2.05) is 6.07 Å². The molecule has 15 heavy (non-hydrogen) atoms. The highest BCUT2D eigenvalue weighted by molar-refractivity contribution is 5.35. The van der Waals surface area contributed by atoms with E-state index in [0.717, 1.165) is 0 Å². The maximum atomic E-state index is 8.79. The van der Waals surface area contributed by atoms with Gasteiger partial charge in [-0.3, -0.25) is 0 Å². The second-order valence-corrected chi connectivity index (χ2v) is 3.47. The summed E-state index contributed by atoms with van der Waals surface area (Å²) in [5.74, 6) is 0.133. The van der Waals surface area contributed by atoms with Crippen LogP contribution in [0, 0.1) is 11.3 Å². The number of piperidine rings is 1. The summed E-state index contributed by atoms with van der Waals surface area (Å²) in [5, 5.41) is 20.4. The highest BCUT2D eigenvalue weighted by atomic mass is 16.3. The van der Waals surface area contributed by atoms with Crippen LogP contribution in [0.15, 0.2) is 24.3 Å². The molecule has 1 aromatic rings. The van der Waals surface area contributed by atoms with E-state index < -0.39 is 0 Å². The highest BCUT2D eigenvalue weighted by Crippen LogP contribution is 2.08. The number of rotatable bonds is 0. The standard InChI is InChI=1S/C7H5NO.C5H11N/c8-5-6-2-1-3-7(9)4-6;1-2-4-6-5-3-1/h1-4,9H;6H,1-5H2. The molecule has 0 bridgehead atoms. The monoisotopic (exact) mass is 204 g/mol. The number of benzene rings is 1. The van der Waals surface area contributed by atoms with Crippen LogP contribution in [-0.4, -0.2) is 18.2 Å². The summed E-state index contributed by atoms with van der Waals surface area (Å²) in [6.45, 7) is 2.50. The van der Waals surface area contributed by atoms with Gasteiger partial charge in [0, 0.05) is 0 Å². The van der Waals surface area contributed by atoms with Gasteiger partial charge in [-0.1, -0.05) is 12.5 Å². The Kier molecular flexibility index (Phi) is 5.28. The number of phenolic OH excluding ortho intramolecular Hbond substituents is 1. The number of phenols is 1. The minimum absolute atomic E-state index is 0.133. The van der Waals surface area contributed by atoms with Gasteiger partial charge in [-0.2, -0.15) is 5.26 Å². The second kappa shape index (κ2) is 6.86. The third-order valence-electron chi connectivity index (χ3n) is 2.18. The molecule has 0 radical (unpaired) electrons. The molecule has 0 amide bonds. The Morgan fingerprint density at radius 3 is 2.27 bits per heavy atom. The summed E-state index contributed by atoms with van der Waals surface area (Å²) in [5.41, 5.74) is 0.481. The summed E-state index contributed by atoms with van der Waals surface area (Å²) in [4.78, 5) is 0. The van der Waals surface area contributed by atoms with Crippen molar-refractivity contribution < 1.29 is 5.11 Å². The number of aromatic hydroxyl groups is 1. The molecule has 1 aromatic carbocycles. The highest BCUT2D eigenvalue weighted by Gasteiger charge is 1.93. The van der Waals surface area contributed by atoms with Crippen molar-refractivity contribution in [3.05, 3.63) is 29.8 Å². The van der Waals surface area contributed by atoms with E-state index in [1.54, 1.807) is 12.1 Å². The zero-order valence-electron chi connectivity index (χ0n) is 8.74. The van der Waals surface area contributed by atoms with E-state index in [0.29, 0.717) is 5.56 Å². The molecule has 3 heteroatoms. The molecule has 0 spiro atoms. The molecule has 3 nitrogen and oxygen atoms in total. The van der Waals surface area contributed by atoms with Crippen LogP contribution < -0.4 is 5.32 Å². The average molecular weight is 204 g/mol. The van der Waals surface area contributed by atoms with Crippen molar-refractivity contribution in [3.8, 4) is 11.8 Å². The van der Waals surface area contributed by atoms with Crippen LogP contribution in [0.25, 0.3) is 0 Å². The molecule has 80 valence electrons. The van der Waals surface area contributed by atoms with Crippen LogP contribution in [0.1, 0.15) is 24.8 Å². The van der Waals surface area contributed by atoms with E-state index in [2.05, 4.69) is 5.32 Å². The van der Waals surface area contributed by atoms with Gasteiger partial charge >= 0.3 is 0 Å². The Balaban J connectivity index is 0.000000162. The lowest BCUT2D eigenvalue weighted by atomic mass is 10.2. The smallest absolute Gasteiger partial charge is 0.116 e. The molecule has 0 unspecified atom stereocenters. The van der Waals surface area contributed by atoms with E-state index in [1.165, 1.54) is 44.5 Å². The Morgan fingerprint density at radius 2 is 1.93 bits per heavy atom. The first-order valence-electron chi connectivity index (χ1n) is 5.23. The van der Waals surface area contributed by atoms with Crippen molar-refractivity contribution in [2.45, 2.75) is 19.3 Å². The first-order chi connectivity index (χ1) is 7.33. The fraction of sp³-hybridized carbons (Fsp3) is 0.417. The molecule has 1 fully saturated rings.